The van der Waals surface area contributed by atoms with Crippen LogP contribution < -0.4 is 5.32 Å². The highest BCUT2D eigenvalue weighted by molar-refractivity contribution is 7.91. The summed E-state index contributed by atoms with van der Waals surface area (Å²) in [6.45, 7) is 0.582. The lowest BCUT2D eigenvalue weighted by Gasteiger charge is -2.10. The van der Waals surface area contributed by atoms with Crippen molar-refractivity contribution in [1.82, 2.24) is 5.32 Å². The van der Waals surface area contributed by atoms with Gasteiger partial charge in [-0.2, -0.15) is 0 Å². The van der Waals surface area contributed by atoms with Crippen LogP contribution in [0.15, 0.2) is 0 Å². The molecule has 0 aromatic carbocycles. The van der Waals surface area contributed by atoms with Gasteiger partial charge >= 0.3 is 0 Å². The lowest BCUT2D eigenvalue weighted by molar-refractivity contribution is 0.163. The molecule has 0 aliphatic carbocycles. The number of rotatable bonds is 1. The molecule has 0 amide bonds. The van der Waals surface area contributed by atoms with Crippen LogP contribution in [0.25, 0.3) is 0 Å². The lowest BCUT2D eigenvalue weighted by Crippen LogP contribution is -2.34. The zero-order valence-corrected chi connectivity index (χ0v) is 6.56. The highest BCUT2D eigenvalue weighted by atomic mass is 32.2. The van der Waals surface area contributed by atoms with E-state index in [1.807, 2.05) is 0 Å². The Labute approximate surface area is 60.2 Å². The van der Waals surface area contributed by atoms with Crippen molar-refractivity contribution in [2.24, 2.45) is 0 Å². The van der Waals surface area contributed by atoms with Gasteiger partial charge in [-0.15, -0.1) is 0 Å². The molecule has 0 radical (unpaired) electrons. The van der Waals surface area contributed by atoms with Gasteiger partial charge in [0.2, 0.25) is 0 Å². The molecule has 60 valence electrons. The molecule has 1 aliphatic rings. The predicted molar refractivity (Wildman–Crippen MR) is 37.3 cm³/mol. The first-order chi connectivity index (χ1) is 4.52. The Kier molecular flexibility index (Phi) is 1.98. The highest BCUT2D eigenvalue weighted by Gasteiger charge is 2.32. The number of hydrogen-bond donors (Lipinski definition) is 2. The van der Waals surface area contributed by atoms with Crippen LogP contribution in [0, 0.1) is 0 Å². The van der Waals surface area contributed by atoms with Crippen LogP contribution in [0.4, 0.5) is 0 Å². The molecule has 2 unspecified atom stereocenters. The van der Waals surface area contributed by atoms with Crippen LogP contribution in [-0.4, -0.2) is 37.8 Å². The molecular weight excluding hydrogens is 154 g/mol. The molecule has 2 N–H and O–H groups in total. The Bertz CT molecular complexity index is 211. The fourth-order valence-corrected chi connectivity index (χ4v) is 2.22. The van der Waals surface area contributed by atoms with Crippen LogP contribution in [0.5, 0.6) is 0 Å². The van der Waals surface area contributed by atoms with Crippen molar-refractivity contribution in [1.29, 1.82) is 0 Å². The quantitative estimate of drug-likeness (QED) is 0.507. The van der Waals surface area contributed by atoms with Gasteiger partial charge in [0.05, 0.1) is 0 Å². The smallest absolute Gasteiger partial charge is 0.154 e. The summed E-state index contributed by atoms with van der Waals surface area (Å²) in [5.74, 6) is 0. The maximum absolute atomic E-state index is 10.8. The molecule has 0 bridgehead atoms. The zero-order valence-electron chi connectivity index (χ0n) is 5.74. The van der Waals surface area contributed by atoms with E-state index in [9.17, 15) is 8.42 Å². The average molecular weight is 165 g/mol. The van der Waals surface area contributed by atoms with Gasteiger partial charge in [0.25, 0.3) is 0 Å². The SMILES string of the molecule is CS(=O)(=O)C1CCNC1O. The number of aliphatic hydroxyl groups is 1. The molecule has 1 aliphatic heterocycles. The molecule has 1 rings (SSSR count). The van der Waals surface area contributed by atoms with E-state index in [-0.39, 0.29) is 0 Å². The summed E-state index contributed by atoms with van der Waals surface area (Å²) in [7, 11) is -3.06. The van der Waals surface area contributed by atoms with Gasteiger partial charge in [0, 0.05) is 6.26 Å². The first-order valence-electron chi connectivity index (χ1n) is 3.12. The summed E-state index contributed by atoms with van der Waals surface area (Å²) in [6, 6.07) is 0. The zero-order chi connectivity index (χ0) is 7.78. The maximum Gasteiger partial charge on any atom is 0.154 e. The second-order valence-corrected chi connectivity index (χ2v) is 4.82. The van der Waals surface area contributed by atoms with Crippen LogP contribution in [-0.2, 0) is 9.84 Å². The molecule has 4 nitrogen and oxygen atoms in total. The van der Waals surface area contributed by atoms with E-state index in [0.717, 1.165) is 6.26 Å². The molecule has 1 heterocycles. The van der Waals surface area contributed by atoms with Crippen molar-refractivity contribution < 1.29 is 13.5 Å². The summed E-state index contributed by atoms with van der Waals surface area (Å²) < 4.78 is 21.7. The van der Waals surface area contributed by atoms with Gasteiger partial charge in [-0.25, -0.2) is 8.42 Å². The first-order valence-corrected chi connectivity index (χ1v) is 5.07. The normalized spacial score (nSPS) is 34.6. The van der Waals surface area contributed by atoms with E-state index in [2.05, 4.69) is 5.32 Å². The summed E-state index contributed by atoms with van der Waals surface area (Å²) >= 11 is 0. The van der Waals surface area contributed by atoms with E-state index < -0.39 is 21.3 Å². The lowest BCUT2D eigenvalue weighted by atomic mass is 10.3. The predicted octanol–water partition coefficient (Wildman–Crippen LogP) is -1.29. The van der Waals surface area contributed by atoms with Gasteiger partial charge in [0.1, 0.15) is 11.5 Å². The van der Waals surface area contributed by atoms with Crippen molar-refractivity contribution in [2.45, 2.75) is 17.9 Å². The fraction of sp³-hybridized carbons (Fsp3) is 1.00. The standard InChI is InChI=1S/C5H11NO3S/c1-10(8,9)4-2-3-6-5(4)7/h4-7H,2-3H2,1H3. The topological polar surface area (TPSA) is 66.4 Å². The van der Waals surface area contributed by atoms with Gasteiger partial charge < -0.3 is 5.11 Å². The molecule has 10 heavy (non-hydrogen) atoms. The number of nitrogens with one attached hydrogen (secondary N) is 1. The number of sulfone groups is 1. The Balaban J connectivity index is 2.74. The van der Waals surface area contributed by atoms with E-state index in [1.165, 1.54) is 0 Å². The van der Waals surface area contributed by atoms with Gasteiger partial charge in [0.15, 0.2) is 9.84 Å². The van der Waals surface area contributed by atoms with Crippen LogP contribution in [0.1, 0.15) is 6.42 Å². The Morgan fingerprint density at radius 1 is 1.60 bits per heavy atom. The molecule has 1 saturated heterocycles. The maximum atomic E-state index is 10.8. The monoisotopic (exact) mass is 165 g/mol. The Morgan fingerprint density at radius 2 is 2.20 bits per heavy atom. The van der Waals surface area contributed by atoms with Gasteiger partial charge in [-0.1, -0.05) is 0 Å². The van der Waals surface area contributed by atoms with Crippen LogP contribution >= 0.6 is 0 Å². The minimum absolute atomic E-state index is 0.514. The summed E-state index contributed by atoms with van der Waals surface area (Å²) in [5, 5.41) is 11.1. The van der Waals surface area contributed by atoms with Crippen molar-refractivity contribution in [3.05, 3.63) is 0 Å². The second kappa shape index (κ2) is 2.48. The third-order valence-electron chi connectivity index (χ3n) is 1.68. The minimum atomic E-state index is -3.06. The third kappa shape index (κ3) is 1.47. The van der Waals surface area contributed by atoms with E-state index >= 15 is 0 Å². The summed E-state index contributed by atoms with van der Waals surface area (Å²) in [4.78, 5) is 0. The van der Waals surface area contributed by atoms with Crippen molar-refractivity contribution in [2.75, 3.05) is 12.8 Å². The van der Waals surface area contributed by atoms with Crippen molar-refractivity contribution in [3.8, 4) is 0 Å². The van der Waals surface area contributed by atoms with Gasteiger partial charge in [-0.05, 0) is 13.0 Å². The molecule has 0 saturated carbocycles. The van der Waals surface area contributed by atoms with E-state index in [0.29, 0.717) is 13.0 Å². The molecule has 5 heteroatoms. The molecule has 0 spiro atoms. The molecule has 0 aromatic rings. The fourth-order valence-electron chi connectivity index (χ4n) is 1.11. The molecule has 0 aromatic heterocycles. The Hall–Kier alpha value is -0.130. The molecule has 2 atom stereocenters. The number of aliphatic hydroxyl groups excluding tert-OH is 1. The molecule has 1 fully saturated rings. The first kappa shape index (κ1) is 7.97. The van der Waals surface area contributed by atoms with E-state index in [4.69, 9.17) is 5.11 Å². The second-order valence-electron chi connectivity index (χ2n) is 2.56. The van der Waals surface area contributed by atoms with Crippen LogP contribution in [0.3, 0.4) is 0 Å². The van der Waals surface area contributed by atoms with E-state index in [1.54, 1.807) is 0 Å². The summed E-state index contributed by atoms with van der Waals surface area (Å²) in [6.07, 6.45) is 0.795. The third-order valence-corrected chi connectivity index (χ3v) is 3.28. The van der Waals surface area contributed by atoms with Crippen molar-refractivity contribution in [3.63, 3.8) is 0 Å². The highest BCUT2D eigenvalue weighted by Crippen LogP contribution is 2.12. The van der Waals surface area contributed by atoms with Crippen LogP contribution in [0.2, 0.25) is 0 Å². The minimum Gasteiger partial charge on any atom is -0.377 e. The van der Waals surface area contributed by atoms with Crippen molar-refractivity contribution >= 4 is 9.84 Å². The van der Waals surface area contributed by atoms with Gasteiger partial charge in [-0.3, -0.25) is 5.32 Å². The summed E-state index contributed by atoms with van der Waals surface area (Å²) in [5.41, 5.74) is 0. The average Bonchev–Trinajstić information content (AvgIpc) is 2.11. The molecular formula is C5H11NO3S. The number of hydrogen-bond acceptors (Lipinski definition) is 4. The largest absolute Gasteiger partial charge is 0.377 e. The Morgan fingerprint density at radius 3 is 2.40 bits per heavy atom.